The minimum absolute atomic E-state index is 0.636. The van der Waals surface area contributed by atoms with Crippen LogP contribution < -0.4 is 0 Å². The van der Waals surface area contributed by atoms with Crippen LogP contribution in [0.15, 0.2) is 152 Å². The van der Waals surface area contributed by atoms with Gasteiger partial charge in [0.15, 0.2) is 17.5 Å². The Morgan fingerprint density at radius 1 is 0.435 bits per heavy atom. The maximum Gasteiger partial charge on any atom is 0.164 e. The molecule has 0 aliphatic carbocycles. The molecule has 6 aromatic carbocycles. The Labute approximate surface area is 269 Å². The van der Waals surface area contributed by atoms with Crippen molar-refractivity contribution in [2.75, 3.05) is 0 Å². The van der Waals surface area contributed by atoms with Gasteiger partial charge >= 0.3 is 0 Å². The summed E-state index contributed by atoms with van der Waals surface area (Å²) in [4.78, 5) is 19.8. The Balaban J connectivity index is 1.21. The first kappa shape index (κ1) is 26.4. The second-order valence-electron chi connectivity index (χ2n) is 11.1. The molecular weight excluding hydrogens is 583 g/mol. The second kappa shape index (κ2) is 10.9. The lowest BCUT2D eigenvalue weighted by molar-refractivity contribution is 1.07. The van der Waals surface area contributed by atoms with Crippen molar-refractivity contribution in [2.24, 2.45) is 0 Å². The Morgan fingerprint density at radius 3 is 1.67 bits per heavy atom. The molecular formula is C40H25N5S. The van der Waals surface area contributed by atoms with Gasteiger partial charge in [-0.15, -0.1) is 11.3 Å². The summed E-state index contributed by atoms with van der Waals surface area (Å²) in [6.45, 7) is 0. The van der Waals surface area contributed by atoms with Crippen molar-refractivity contribution in [3.05, 3.63) is 152 Å². The Kier molecular flexibility index (Phi) is 6.25. The molecule has 0 spiro atoms. The molecule has 9 rings (SSSR count). The predicted molar refractivity (Wildman–Crippen MR) is 189 cm³/mol. The van der Waals surface area contributed by atoms with E-state index in [9.17, 15) is 0 Å². The predicted octanol–water partition coefficient (Wildman–Crippen LogP) is 10.2. The van der Waals surface area contributed by atoms with Gasteiger partial charge in [-0.05, 0) is 48.5 Å². The van der Waals surface area contributed by atoms with E-state index in [-0.39, 0.29) is 0 Å². The number of hydrogen-bond acceptors (Lipinski definition) is 5. The summed E-state index contributed by atoms with van der Waals surface area (Å²) in [7, 11) is 0. The van der Waals surface area contributed by atoms with Gasteiger partial charge in [0.05, 0.1) is 21.3 Å². The molecule has 0 unspecified atom stereocenters. The highest BCUT2D eigenvalue weighted by molar-refractivity contribution is 7.21. The summed E-state index contributed by atoms with van der Waals surface area (Å²) in [6.07, 6.45) is 0. The molecule has 0 aliphatic heterocycles. The quantitative estimate of drug-likeness (QED) is 0.195. The third-order valence-electron chi connectivity index (χ3n) is 8.30. The summed E-state index contributed by atoms with van der Waals surface area (Å²) in [5.74, 6) is 1.93. The van der Waals surface area contributed by atoms with Crippen LogP contribution >= 0.6 is 11.3 Å². The molecule has 0 radical (unpaired) electrons. The average molecular weight is 608 g/mol. The van der Waals surface area contributed by atoms with Crippen LogP contribution in [-0.4, -0.2) is 24.5 Å². The van der Waals surface area contributed by atoms with Gasteiger partial charge in [-0.3, -0.25) is 0 Å². The van der Waals surface area contributed by atoms with E-state index in [1.807, 2.05) is 66.7 Å². The second-order valence-corrected chi connectivity index (χ2v) is 12.2. The van der Waals surface area contributed by atoms with Crippen LogP contribution in [0.4, 0.5) is 0 Å². The molecule has 216 valence electrons. The molecule has 0 saturated heterocycles. The highest BCUT2D eigenvalue weighted by atomic mass is 32.1. The summed E-state index contributed by atoms with van der Waals surface area (Å²) in [5, 5.41) is 3.43. The van der Waals surface area contributed by atoms with Crippen molar-refractivity contribution in [3.8, 4) is 50.4 Å². The SMILES string of the molecule is c1ccc(-c2nc(-c3ccccc3)nc(-c3ccc(-n4c5ccccc5c5cccc(-c6nc7ccccc7s6)c54)cc3)n2)cc1. The van der Waals surface area contributed by atoms with Crippen LogP contribution in [-0.2, 0) is 0 Å². The zero-order chi connectivity index (χ0) is 30.5. The minimum Gasteiger partial charge on any atom is -0.309 e. The molecule has 46 heavy (non-hydrogen) atoms. The lowest BCUT2D eigenvalue weighted by atomic mass is 10.1. The standard InChI is InChI=1S/C40H25N5S/c1-3-12-26(13-4-1)37-42-38(27-14-5-2-6-15-27)44-39(43-37)28-22-24-29(25-23-28)45-34-20-9-7-16-30(34)31-17-11-18-32(36(31)45)40-41-33-19-8-10-21-35(33)46-40/h1-25H. The lowest BCUT2D eigenvalue weighted by Gasteiger charge is -2.12. The van der Waals surface area contributed by atoms with Crippen molar-refractivity contribution >= 4 is 43.4 Å². The fraction of sp³-hybridized carbons (Fsp3) is 0. The van der Waals surface area contributed by atoms with Gasteiger partial charge in [0, 0.05) is 38.7 Å². The highest BCUT2D eigenvalue weighted by Gasteiger charge is 2.19. The third-order valence-corrected chi connectivity index (χ3v) is 9.37. The van der Waals surface area contributed by atoms with Crippen molar-refractivity contribution in [1.82, 2.24) is 24.5 Å². The zero-order valence-electron chi connectivity index (χ0n) is 24.6. The van der Waals surface area contributed by atoms with E-state index in [0.29, 0.717) is 17.5 Å². The number of benzene rings is 6. The molecule has 3 heterocycles. The molecule has 0 atom stereocenters. The number of thiazole rings is 1. The molecule has 0 bridgehead atoms. The monoisotopic (exact) mass is 607 g/mol. The van der Waals surface area contributed by atoms with Crippen LogP contribution in [0.25, 0.3) is 82.4 Å². The maximum atomic E-state index is 5.04. The first-order valence-electron chi connectivity index (χ1n) is 15.2. The number of nitrogens with zero attached hydrogens (tertiary/aromatic N) is 5. The lowest BCUT2D eigenvalue weighted by Crippen LogP contribution is -2.00. The van der Waals surface area contributed by atoms with Crippen molar-refractivity contribution in [2.45, 2.75) is 0 Å². The first-order chi connectivity index (χ1) is 22.8. The van der Waals surface area contributed by atoms with Gasteiger partial charge < -0.3 is 4.57 Å². The Hall–Kier alpha value is -5.98. The number of rotatable bonds is 5. The van der Waals surface area contributed by atoms with E-state index in [1.165, 1.54) is 15.5 Å². The van der Waals surface area contributed by atoms with Gasteiger partial charge in [0.2, 0.25) is 0 Å². The van der Waals surface area contributed by atoms with Gasteiger partial charge in [-0.1, -0.05) is 103 Å². The van der Waals surface area contributed by atoms with Gasteiger partial charge in [-0.2, -0.15) is 0 Å². The normalized spacial score (nSPS) is 11.5. The molecule has 0 saturated carbocycles. The molecule has 6 heteroatoms. The zero-order valence-corrected chi connectivity index (χ0v) is 25.4. The number of para-hydroxylation sites is 3. The third kappa shape index (κ3) is 4.47. The smallest absolute Gasteiger partial charge is 0.164 e. The number of fused-ring (bicyclic) bond motifs is 4. The fourth-order valence-electron chi connectivity index (χ4n) is 6.14. The molecule has 5 nitrogen and oxygen atoms in total. The van der Waals surface area contributed by atoms with E-state index >= 15 is 0 Å². The number of hydrogen-bond donors (Lipinski definition) is 0. The van der Waals surface area contributed by atoms with E-state index < -0.39 is 0 Å². The van der Waals surface area contributed by atoms with Gasteiger partial charge in [0.25, 0.3) is 0 Å². The van der Waals surface area contributed by atoms with Gasteiger partial charge in [-0.25, -0.2) is 19.9 Å². The topological polar surface area (TPSA) is 56.5 Å². The average Bonchev–Trinajstić information content (AvgIpc) is 3.72. The number of aromatic nitrogens is 5. The molecule has 0 N–H and O–H groups in total. The summed E-state index contributed by atoms with van der Waals surface area (Å²) < 4.78 is 3.54. The van der Waals surface area contributed by atoms with E-state index in [1.54, 1.807) is 11.3 Å². The summed E-state index contributed by atoms with van der Waals surface area (Å²) in [6, 6.07) is 52.1. The first-order valence-corrected chi connectivity index (χ1v) is 16.0. The van der Waals surface area contributed by atoms with Crippen LogP contribution in [0.5, 0.6) is 0 Å². The van der Waals surface area contributed by atoms with Crippen LogP contribution in [0.1, 0.15) is 0 Å². The van der Waals surface area contributed by atoms with Crippen molar-refractivity contribution in [1.29, 1.82) is 0 Å². The molecule has 9 aromatic rings. The minimum atomic E-state index is 0.636. The highest BCUT2D eigenvalue weighted by Crippen LogP contribution is 2.40. The fourth-order valence-corrected chi connectivity index (χ4v) is 7.14. The summed E-state index contributed by atoms with van der Waals surface area (Å²) >= 11 is 1.73. The molecule has 0 amide bonds. The van der Waals surface area contributed by atoms with E-state index in [0.717, 1.165) is 49.5 Å². The van der Waals surface area contributed by atoms with Crippen molar-refractivity contribution < 1.29 is 0 Å². The van der Waals surface area contributed by atoms with Crippen molar-refractivity contribution in [3.63, 3.8) is 0 Å². The molecule has 3 aromatic heterocycles. The Morgan fingerprint density at radius 2 is 1.00 bits per heavy atom. The van der Waals surface area contributed by atoms with E-state index in [2.05, 4.69) is 89.5 Å². The maximum absolute atomic E-state index is 5.04. The molecule has 0 fully saturated rings. The van der Waals surface area contributed by atoms with E-state index in [4.69, 9.17) is 19.9 Å². The van der Waals surface area contributed by atoms with Gasteiger partial charge in [0.1, 0.15) is 5.01 Å². The van der Waals surface area contributed by atoms with Crippen LogP contribution in [0.3, 0.4) is 0 Å². The van der Waals surface area contributed by atoms with Crippen LogP contribution in [0, 0.1) is 0 Å². The summed E-state index contributed by atoms with van der Waals surface area (Å²) in [5.41, 5.74) is 8.33. The van der Waals surface area contributed by atoms with Crippen LogP contribution in [0.2, 0.25) is 0 Å². The largest absolute Gasteiger partial charge is 0.309 e. The Bertz CT molecular complexity index is 2430. The molecule has 0 aliphatic rings.